The second-order valence-electron chi connectivity index (χ2n) is 6.64. The molecule has 0 saturated heterocycles. The highest BCUT2D eigenvalue weighted by molar-refractivity contribution is 6.00. The van der Waals surface area contributed by atoms with Crippen molar-refractivity contribution in [3.63, 3.8) is 0 Å². The van der Waals surface area contributed by atoms with Crippen LogP contribution in [0.1, 0.15) is 27.9 Å². The first-order valence-corrected chi connectivity index (χ1v) is 9.47. The molecule has 0 aliphatic heterocycles. The Kier molecular flexibility index (Phi) is 5.70. The van der Waals surface area contributed by atoms with E-state index in [9.17, 15) is 9.59 Å². The second kappa shape index (κ2) is 8.91. The summed E-state index contributed by atoms with van der Waals surface area (Å²) in [6.45, 7) is 0.414. The van der Waals surface area contributed by atoms with Gasteiger partial charge in [0.05, 0.1) is 6.54 Å². The number of carbonyl (C=O) groups excluding carboxylic acids is 2. The quantitative estimate of drug-likeness (QED) is 0.496. The van der Waals surface area contributed by atoms with Crippen LogP contribution in [0.5, 0.6) is 0 Å². The van der Waals surface area contributed by atoms with Crippen LogP contribution in [-0.4, -0.2) is 21.6 Å². The van der Waals surface area contributed by atoms with Gasteiger partial charge < -0.3 is 15.1 Å². The molecule has 0 radical (unpaired) electrons. The molecule has 0 aliphatic carbocycles. The molecule has 0 saturated carbocycles. The van der Waals surface area contributed by atoms with Crippen LogP contribution in [0.3, 0.4) is 0 Å². The molecule has 2 aromatic heterocycles. The van der Waals surface area contributed by atoms with Gasteiger partial charge in [-0.2, -0.15) is 5.10 Å². The van der Waals surface area contributed by atoms with Crippen LogP contribution in [0.15, 0.2) is 95.7 Å². The number of amides is 2. The van der Waals surface area contributed by atoms with Crippen molar-refractivity contribution in [1.82, 2.24) is 15.1 Å². The van der Waals surface area contributed by atoms with Crippen LogP contribution < -0.4 is 10.6 Å². The number of nitrogens with one attached hydrogen (secondary N) is 2. The third kappa shape index (κ3) is 4.64. The average Bonchev–Trinajstić information content (AvgIpc) is 3.46. The lowest BCUT2D eigenvalue weighted by Crippen LogP contribution is -2.36. The number of hydrogen-bond acceptors (Lipinski definition) is 4. The van der Waals surface area contributed by atoms with Gasteiger partial charge in [0, 0.05) is 18.1 Å². The van der Waals surface area contributed by atoms with Gasteiger partial charge in [-0.05, 0) is 35.9 Å². The van der Waals surface area contributed by atoms with Crippen LogP contribution in [-0.2, 0) is 11.3 Å². The third-order valence-corrected chi connectivity index (χ3v) is 4.47. The van der Waals surface area contributed by atoms with E-state index in [1.807, 2.05) is 48.7 Å². The SMILES string of the molecule is O=C(NC(C(=O)Nc1ccccc1)c1ccccc1)c1ccc(Cn2cccn2)o1. The van der Waals surface area contributed by atoms with Crippen molar-refractivity contribution in [3.8, 4) is 0 Å². The van der Waals surface area contributed by atoms with Gasteiger partial charge in [0.1, 0.15) is 11.8 Å². The van der Waals surface area contributed by atoms with E-state index in [1.165, 1.54) is 0 Å². The average molecular weight is 400 g/mol. The molecule has 2 N–H and O–H groups in total. The summed E-state index contributed by atoms with van der Waals surface area (Å²) in [5.41, 5.74) is 1.32. The lowest BCUT2D eigenvalue weighted by molar-refractivity contribution is -0.118. The number of anilines is 1. The maximum Gasteiger partial charge on any atom is 0.287 e. The summed E-state index contributed by atoms with van der Waals surface area (Å²) in [5, 5.41) is 9.73. The summed E-state index contributed by atoms with van der Waals surface area (Å²) >= 11 is 0. The molecule has 4 aromatic rings. The Bertz CT molecular complexity index is 1110. The molecule has 2 aromatic carbocycles. The van der Waals surface area contributed by atoms with Gasteiger partial charge in [-0.25, -0.2) is 0 Å². The van der Waals surface area contributed by atoms with E-state index in [0.29, 0.717) is 23.6 Å². The predicted octanol–water partition coefficient (Wildman–Crippen LogP) is 3.63. The van der Waals surface area contributed by atoms with E-state index in [-0.39, 0.29) is 11.7 Å². The Balaban J connectivity index is 1.50. The van der Waals surface area contributed by atoms with E-state index >= 15 is 0 Å². The first-order valence-electron chi connectivity index (χ1n) is 9.47. The fourth-order valence-electron chi connectivity index (χ4n) is 3.02. The zero-order chi connectivity index (χ0) is 20.8. The van der Waals surface area contributed by atoms with E-state index < -0.39 is 11.9 Å². The number of hydrogen-bond donors (Lipinski definition) is 2. The van der Waals surface area contributed by atoms with Gasteiger partial charge in [0.25, 0.3) is 11.8 Å². The summed E-state index contributed by atoms with van der Waals surface area (Å²) < 4.78 is 7.34. The highest BCUT2D eigenvalue weighted by Gasteiger charge is 2.24. The molecule has 150 valence electrons. The number of para-hydroxylation sites is 1. The van der Waals surface area contributed by atoms with Crippen molar-refractivity contribution in [2.24, 2.45) is 0 Å². The number of carbonyl (C=O) groups is 2. The molecule has 30 heavy (non-hydrogen) atoms. The standard InChI is InChI=1S/C23H20N4O3/c28-22(20-13-12-19(30-20)16-27-15-7-14-24-27)26-21(17-8-3-1-4-9-17)23(29)25-18-10-5-2-6-11-18/h1-15,21H,16H2,(H,25,29)(H,26,28). The van der Waals surface area contributed by atoms with Crippen LogP contribution in [0.4, 0.5) is 5.69 Å². The van der Waals surface area contributed by atoms with E-state index in [4.69, 9.17) is 4.42 Å². The molecule has 2 heterocycles. The van der Waals surface area contributed by atoms with Gasteiger partial charge >= 0.3 is 0 Å². The van der Waals surface area contributed by atoms with Crippen LogP contribution in [0.2, 0.25) is 0 Å². The predicted molar refractivity (Wildman–Crippen MR) is 112 cm³/mol. The first-order chi connectivity index (χ1) is 14.7. The summed E-state index contributed by atoms with van der Waals surface area (Å²) in [4.78, 5) is 25.7. The van der Waals surface area contributed by atoms with Crippen molar-refractivity contribution in [1.29, 1.82) is 0 Å². The van der Waals surface area contributed by atoms with Gasteiger partial charge in [0.15, 0.2) is 5.76 Å². The van der Waals surface area contributed by atoms with E-state index in [1.54, 1.807) is 47.3 Å². The highest BCUT2D eigenvalue weighted by Crippen LogP contribution is 2.18. The normalized spacial score (nSPS) is 11.6. The molecule has 0 fully saturated rings. The molecule has 1 atom stereocenters. The Hall–Kier alpha value is -4.13. The first kappa shape index (κ1) is 19.2. The molecule has 7 nitrogen and oxygen atoms in total. The molecular formula is C23H20N4O3. The number of rotatable bonds is 7. The van der Waals surface area contributed by atoms with Crippen LogP contribution in [0, 0.1) is 0 Å². The highest BCUT2D eigenvalue weighted by atomic mass is 16.4. The maximum atomic E-state index is 12.9. The Morgan fingerprint density at radius 3 is 2.37 bits per heavy atom. The van der Waals surface area contributed by atoms with Crippen molar-refractivity contribution in [2.45, 2.75) is 12.6 Å². The van der Waals surface area contributed by atoms with E-state index in [2.05, 4.69) is 15.7 Å². The van der Waals surface area contributed by atoms with Gasteiger partial charge in [0.2, 0.25) is 0 Å². The summed E-state index contributed by atoms with van der Waals surface area (Å²) in [7, 11) is 0. The van der Waals surface area contributed by atoms with Gasteiger partial charge in [-0.15, -0.1) is 0 Å². The van der Waals surface area contributed by atoms with Crippen molar-refractivity contribution < 1.29 is 14.0 Å². The summed E-state index contributed by atoms with van der Waals surface area (Å²) in [6, 6.07) is 22.4. The topological polar surface area (TPSA) is 89.2 Å². The Morgan fingerprint density at radius 2 is 1.67 bits per heavy atom. The fraction of sp³-hybridized carbons (Fsp3) is 0.0870. The lowest BCUT2D eigenvalue weighted by atomic mass is 10.1. The zero-order valence-electron chi connectivity index (χ0n) is 16.1. The van der Waals surface area contributed by atoms with Gasteiger partial charge in [-0.1, -0.05) is 48.5 Å². The lowest BCUT2D eigenvalue weighted by Gasteiger charge is -2.18. The Morgan fingerprint density at radius 1 is 0.933 bits per heavy atom. The fourth-order valence-corrected chi connectivity index (χ4v) is 3.02. The third-order valence-electron chi connectivity index (χ3n) is 4.47. The van der Waals surface area contributed by atoms with Crippen molar-refractivity contribution >= 4 is 17.5 Å². The number of furan rings is 1. The molecule has 0 spiro atoms. The van der Waals surface area contributed by atoms with Gasteiger partial charge in [-0.3, -0.25) is 14.3 Å². The van der Waals surface area contributed by atoms with Crippen LogP contribution >= 0.6 is 0 Å². The van der Waals surface area contributed by atoms with E-state index in [0.717, 1.165) is 0 Å². The monoisotopic (exact) mass is 400 g/mol. The maximum absolute atomic E-state index is 12.9. The number of aromatic nitrogens is 2. The molecule has 4 rings (SSSR count). The molecular weight excluding hydrogens is 380 g/mol. The zero-order valence-corrected chi connectivity index (χ0v) is 16.1. The molecule has 0 bridgehead atoms. The molecule has 1 unspecified atom stereocenters. The molecule has 7 heteroatoms. The summed E-state index contributed by atoms with van der Waals surface area (Å²) in [6.07, 6.45) is 3.48. The van der Waals surface area contributed by atoms with Crippen molar-refractivity contribution in [2.75, 3.05) is 5.32 Å². The largest absolute Gasteiger partial charge is 0.454 e. The number of benzene rings is 2. The smallest absolute Gasteiger partial charge is 0.287 e. The minimum atomic E-state index is -0.876. The minimum absolute atomic E-state index is 0.130. The number of nitrogens with zero attached hydrogens (tertiary/aromatic N) is 2. The molecule has 0 aliphatic rings. The molecule has 2 amide bonds. The Labute approximate surface area is 173 Å². The van der Waals surface area contributed by atoms with Crippen molar-refractivity contribution in [3.05, 3.63) is 108 Å². The minimum Gasteiger partial charge on any atom is -0.454 e. The summed E-state index contributed by atoms with van der Waals surface area (Å²) in [5.74, 6) is -0.0951. The second-order valence-corrected chi connectivity index (χ2v) is 6.64. The van der Waals surface area contributed by atoms with Crippen LogP contribution in [0.25, 0.3) is 0 Å².